The lowest BCUT2D eigenvalue weighted by molar-refractivity contribution is -0.143. The quantitative estimate of drug-likeness (QED) is 0.671. The van der Waals surface area contributed by atoms with Gasteiger partial charge in [-0.2, -0.15) is 0 Å². The molecule has 2 unspecified atom stereocenters. The Labute approximate surface area is 91.2 Å². The summed E-state index contributed by atoms with van der Waals surface area (Å²) in [6.45, 7) is 7.12. The summed E-state index contributed by atoms with van der Waals surface area (Å²) >= 11 is 0. The van der Waals surface area contributed by atoms with E-state index in [0.717, 1.165) is 6.54 Å². The molecule has 2 atom stereocenters. The van der Waals surface area contributed by atoms with Gasteiger partial charge in [-0.3, -0.25) is 9.69 Å². The highest BCUT2D eigenvalue weighted by molar-refractivity contribution is 5.82. The van der Waals surface area contributed by atoms with Crippen LogP contribution in [0.15, 0.2) is 12.7 Å². The van der Waals surface area contributed by atoms with Crippen molar-refractivity contribution in [1.29, 1.82) is 0 Å². The molecule has 4 nitrogen and oxygen atoms in total. The Kier molecular flexibility index (Phi) is 4.29. The average Bonchev–Trinajstić information content (AvgIpc) is 2.21. The fraction of sp³-hybridized carbons (Fsp3) is 0.727. The molecule has 1 amide bonds. The molecule has 1 aliphatic rings. The number of carbonyl (C=O) groups excluding carboxylic acids is 1. The first-order valence-corrected chi connectivity index (χ1v) is 5.34. The zero-order valence-electron chi connectivity index (χ0n) is 9.52. The minimum Gasteiger partial charge on any atom is -0.396 e. The molecule has 1 rings (SSSR count). The maximum atomic E-state index is 12.0. The molecule has 0 bridgehead atoms. The van der Waals surface area contributed by atoms with E-state index >= 15 is 0 Å². The number of hydrogen-bond donors (Lipinski definition) is 1. The summed E-state index contributed by atoms with van der Waals surface area (Å²) in [5, 5.41) is 8.94. The van der Waals surface area contributed by atoms with Crippen LogP contribution in [0.3, 0.4) is 0 Å². The predicted octanol–water partition coefficient (Wildman–Crippen LogP) is 0.0859. The van der Waals surface area contributed by atoms with Gasteiger partial charge in [0.2, 0.25) is 5.91 Å². The van der Waals surface area contributed by atoms with Gasteiger partial charge in [-0.05, 0) is 20.4 Å². The van der Waals surface area contributed by atoms with E-state index in [1.165, 1.54) is 0 Å². The summed E-state index contributed by atoms with van der Waals surface area (Å²) in [5.41, 5.74) is 0. The smallest absolute Gasteiger partial charge is 0.240 e. The summed E-state index contributed by atoms with van der Waals surface area (Å²) in [7, 11) is 1.94. The van der Waals surface area contributed by atoms with E-state index in [-0.39, 0.29) is 18.6 Å². The monoisotopic (exact) mass is 212 g/mol. The van der Waals surface area contributed by atoms with E-state index < -0.39 is 0 Å². The molecule has 0 aromatic heterocycles. The Hall–Kier alpha value is -0.870. The molecule has 15 heavy (non-hydrogen) atoms. The van der Waals surface area contributed by atoms with Crippen molar-refractivity contribution in [3.63, 3.8) is 0 Å². The molecule has 0 aliphatic carbocycles. The van der Waals surface area contributed by atoms with Gasteiger partial charge in [0.05, 0.1) is 6.04 Å². The van der Waals surface area contributed by atoms with E-state index in [2.05, 4.69) is 13.5 Å². The van der Waals surface area contributed by atoms with Crippen molar-refractivity contribution < 1.29 is 9.90 Å². The predicted molar refractivity (Wildman–Crippen MR) is 59.5 cm³/mol. The number of amides is 1. The second-order valence-electron chi connectivity index (χ2n) is 4.07. The van der Waals surface area contributed by atoms with Crippen LogP contribution >= 0.6 is 0 Å². The van der Waals surface area contributed by atoms with E-state index in [1.807, 2.05) is 11.9 Å². The van der Waals surface area contributed by atoms with Gasteiger partial charge < -0.3 is 10.0 Å². The number of aliphatic hydroxyl groups excluding tert-OH is 1. The Balaban J connectivity index is 2.74. The van der Waals surface area contributed by atoms with E-state index in [9.17, 15) is 4.79 Å². The largest absolute Gasteiger partial charge is 0.396 e. The minimum atomic E-state index is -0.182. The van der Waals surface area contributed by atoms with Crippen LogP contribution < -0.4 is 0 Å². The Bertz CT molecular complexity index is 243. The molecule has 0 spiro atoms. The summed E-state index contributed by atoms with van der Waals surface area (Å²) < 4.78 is 0. The molecule has 4 heteroatoms. The highest BCUT2D eigenvalue weighted by Crippen LogP contribution is 2.17. The minimum absolute atomic E-state index is 0.0510. The lowest BCUT2D eigenvalue weighted by atomic mass is 10.0. The highest BCUT2D eigenvalue weighted by atomic mass is 16.3. The van der Waals surface area contributed by atoms with Gasteiger partial charge in [-0.1, -0.05) is 6.08 Å². The number of rotatable bonds is 4. The van der Waals surface area contributed by atoms with Crippen LogP contribution in [0.25, 0.3) is 0 Å². The molecular formula is C11H20N2O2. The van der Waals surface area contributed by atoms with Crippen molar-refractivity contribution in [2.45, 2.75) is 25.4 Å². The molecule has 0 aromatic rings. The van der Waals surface area contributed by atoms with Gasteiger partial charge in [0.1, 0.15) is 0 Å². The van der Waals surface area contributed by atoms with Gasteiger partial charge in [0, 0.05) is 25.7 Å². The lowest BCUT2D eigenvalue weighted by Crippen LogP contribution is -2.59. The van der Waals surface area contributed by atoms with Crippen molar-refractivity contribution >= 4 is 5.91 Å². The molecule has 1 N–H and O–H groups in total. The number of carbonyl (C=O) groups is 1. The van der Waals surface area contributed by atoms with E-state index in [0.29, 0.717) is 19.0 Å². The molecule has 0 aromatic carbocycles. The summed E-state index contributed by atoms with van der Waals surface area (Å²) in [6, 6.07) is 0.151. The number of nitrogens with zero attached hydrogens (tertiary/aromatic N) is 2. The van der Waals surface area contributed by atoms with Crippen LogP contribution in [0.1, 0.15) is 13.3 Å². The molecule has 0 radical (unpaired) electrons. The van der Waals surface area contributed by atoms with Crippen molar-refractivity contribution in [2.75, 3.05) is 26.7 Å². The second-order valence-corrected chi connectivity index (χ2v) is 4.07. The third-order valence-electron chi connectivity index (χ3n) is 3.02. The molecular weight excluding hydrogens is 192 g/mol. The Morgan fingerprint density at radius 2 is 2.33 bits per heavy atom. The maximum absolute atomic E-state index is 12.0. The normalized spacial score (nSPS) is 28.2. The van der Waals surface area contributed by atoms with Crippen LogP contribution in [-0.2, 0) is 4.79 Å². The van der Waals surface area contributed by atoms with Gasteiger partial charge in [-0.25, -0.2) is 0 Å². The zero-order chi connectivity index (χ0) is 11.4. The zero-order valence-corrected chi connectivity index (χ0v) is 9.52. The van der Waals surface area contributed by atoms with Crippen molar-refractivity contribution in [1.82, 2.24) is 9.80 Å². The Morgan fingerprint density at radius 3 is 2.87 bits per heavy atom. The van der Waals surface area contributed by atoms with Crippen LogP contribution in [0.4, 0.5) is 0 Å². The number of hydrogen-bond acceptors (Lipinski definition) is 3. The van der Waals surface area contributed by atoms with Crippen molar-refractivity contribution in [3.05, 3.63) is 12.7 Å². The summed E-state index contributed by atoms with van der Waals surface area (Å²) in [5.74, 6) is 0.101. The highest BCUT2D eigenvalue weighted by Gasteiger charge is 2.35. The van der Waals surface area contributed by atoms with Crippen LogP contribution in [-0.4, -0.2) is 59.6 Å². The average molecular weight is 212 g/mol. The van der Waals surface area contributed by atoms with Crippen LogP contribution in [0.5, 0.6) is 0 Å². The first kappa shape index (κ1) is 12.2. The first-order chi connectivity index (χ1) is 7.11. The molecule has 1 fully saturated rings. The third kappa shape index (κ3) is 2.58. The van der Waals surface area contributed by atoms with Gasteiger partial charge in [-0.15, -0.1) is 6.58 Å². The van der Waals surface area contributed by atoms with Crippen LogP contribution in [0.2, 0.25) is 0 Å². The number of likely N-dealkylation sites (N-methyl/N-ethyl adjacent to an activating group) is 1. The molecule has 1 saturated heterocycles. The SMILES string of the molecule is C=CCN1CC(C)N(C)C(CCO)C1=O. The molecule has 0 saturated carbocycles. The summed E-state index contributed by atoms with van der Waals surface area (Å²) in [4.78, 5) is 15.8. The fourth-order valence-electron chi connectivity index (χ4n) is 2.00. The number of piperazine rings is 1. The Morgan fingerprint density at radius 1 is 1.67 bits per heavy atom. The molecule has 1 heterocycles. The molecule has 1 aliphatic heterocycles. The van der Waals surface area contributed by atoms with E-state index in [4.69, 9.17) is 5.11 Å². The topological polar surface area (TPSA) is 43.8 Å². The maximum Gasteiger partial charge on any atom is 0.240 e. The van der Waals surface area contributed by atoms with Gasteiger partial charge >= 0.3 is 0 Å². The van der Waals surface area contributed by atoms with E-state index in [1.54, 1.807) is 11.0 Å². The first-order valence-electron chi connectivity index (χ1n) is 5.34. The third-order valence-corrected chi connectivity index (χ3v) is 3.02. The van der Waals surface area contributed by atoms with Gasteiger partial charge in [0.15, 0.2) is 0 Å². The van der Waals surface area contributed by atoms with Crippen LogP contribution in [0, 0.1) is 0 Å². The van der Waals surface area contributed by atoms with Crippen molar-refractivity contribution in [3.8, 4) is 0 Å². The second kappa shape index (κ2) is 5.28. The fourth-order valence-corrected chi connectivity index (χ4v) is 2.00. The summed E-state index contributed by atoms with van der Waals surface area (Å²) in [6.07, 6.45) is 2.25. The number of aliphatic hydroxyl groups is 1. The standard InChI is InChI=1S/C11H20N2O2/c1-4-6-13-8-9(2)12(3)10(5-7-14)11(13)15/h4,9-10,14H,1,5-8H2,2-3H3. The van der Waals surface area contributed by atoms with Gasteiger partial charge in [0.25, 0.3) is 0 Å². The molecule has 86 valence electrons. The van der Waals surface area contributed by atoms with Crippen molar-refractivity contribution in [2.24, 2.45) is 0 Å². The lowest BCUT2D eigenvalue weighted by Gasteiger charge is -2.42.